The van der Waals surface area contributed by atoms with Crippen LogP contribution in [-0.2, 0) is 9.59 Å². The summed E-state index contributed by atoms with van der Waals surface area (Å²) in [7, 11) is 0. The van der Waals surface area contributed by atoms with Crippen molar-refractivity contribution in [2.45, 2.75) is 52.0 Å². The molecule has 1 N–H and O–H groups in total. The van der Waals surface area contributed by atoms with Crippen LogP contribution in [0, 0.1) is 20.2 Å². The summed E-state index contributed by atoms with van der Waals surface area (Å²) in [6.07, 6.45) is 4.80. The lowest BCUT2D eigenvalue weighted by Crippen LogP contribution is -2.34. The molecule has 0 spiro atoms. The molecule has 11 heteroatoms. The van der Waals surface area contributed by atoms with E-state index in [-0.39, 0.29) is 29.1 Å². The number of aliphatic hydroxyl groups excluding tert-OH is 1. The standard InChI is InChI=1S/C28H34N4O7/c1-3-5-15-29(16-6-4-2)17-8-18-30-25(21-9-7-10-23(19-21)32(38)39)24(27(34)28(30)35)26(33)20-11-13-22(14-12-20)31(36)37/h7,9-14,19,25,33H,3-6,8,15-18H2,1-2H3/t25-/m1/s1. The van der Waals surface area contributed by atoms with E-state index in [9.17, 15) is 34.9 Å². The van der Waals surface area contributed by atoms with Gasteiger partial charge >= 0.3 is 0 Å². The Bertz CT molecular complexity index is 1230. The Morgan fingerprint density at radius 1 is 0.897 bits per heavy atom. The van der Waals surface area contributed by atoms with Crippen LogP contribution >= 0.6 is 0 Å². The third-order valence-electron chi connectivity index (χ3n) is 6.82. The molecule has 1 fully saturated rings. The number of unbranched alkanes of at least 4 members (excludes halogenated alkanes) is 2. The van der Waals surface area contributed by atoms with Gasteiger partial charge in [-0.2, -0.15) is 0 Å². The molecule has 208 valence electrons. The molecule has 1 heterocycles. The van der Waals surface area contributed by atoms with Gasteiger partial charge in [-0.3, -0.25) is 29.8 Å². The van der Waals surface area contributed by atoms with E-state index in [4.69, 9.17) is 0 Å². The summed E-state index contributed by atoms with van der Waals surface area (Å²) in [6.45, 7) is 7.05. The quantitative estimate of drug-likeness (QED) is 0.113. The fourth-order valence-corrected chi connectivity index (χ4v) is 4.73. The maximum absolute atomic E-state index is 13.2. The van der Waals surface area contributed by atoms with Crippen LogP contribution in [0.4, 0.5) is 11.4 Å². The number of likely N-dealkylation sites (tertiary alicyclic amines) is 1. The lowest BCUT2D eigenvalue weighted by atomic mass is 9.95. The molecule has 39 heavy (non-hydrogen) atoms. The zero-order valence-electron chi connectivity index (χ0n) is 22.2. The maximum Gasteiger partial charge on any atom is 0.295 e. The zero-order chi connectivity index (χ0) is 28.5. The molecule has 1 aliphatic heterocycles. The number of Topliss-reactive ketones (excluding diaryl/α,β-unsaturated/α-hetero) is 1. The lowest BCUT2D eigenvalue weighted by Gasteiger charge is -2.27. The fraction of sp³-hybridized carbons (Fsp3) is 0.429. The van der Waals surface area contributed by atoms with Crippen LogP contribution in [0.1, 0.15) is 63.1 Å². The molecule has 1 atom stereocenters. The first-order valence-corrected chi connectivity index (χ1v) is 13.2. The van der Waals surface area contributed by atoms with Crippen LogP contribution in [-0.4, -0.2) is 62.6 Å². The summed E-state index contributed by atoms with van der Waals surface area (Å²) in [5.41, 5.74) is -0.167. The number of aliphatic hydroxyl groups is 1. The Kier molecular flexibility index (Phi) is 10.3. The van der Waals surface area contributed by atoms with Crippen molar-refractivity contribution in [3.63, 3.8) is 0 Å². The first kappa shape index (κ1) is 29.4. The van der Waals surface area contributed by atoms with Gasteiger partial charge in [0, 0.05) is 36.4 Å². The predicted molar refractivity (Wildman–Crippen MR) is 146 cm³/mol. The number of rotatable bonds is 14. The van der Waals surface area contributed by atoms with E-state index >= 15 is 0 Å². The van der Waals surface area contributed by atoms with Crippen molar-refractivity contribution < 1.29 is 24.5 Å². The summed E-state index contributed by atoms with van der Waals surface area (Å²) in [4.78, 5) is 51.5. The van der Waals surface area contributed by atoms with E-state index in [0.717, 1.165) is 38.8 Å². The highest BCUT2D eigenvalue weighted by Gasteiger charge is 2.46. The first-order valence-electron chi connectivity index (χ1n) is 13.2. The highest BCUT2D eigenvalue weighted by molar-refractivity contribution is 6.46. The molecule has 0 aromatic heterocycles. The summed E-state index contributed by atoms with van der Waals surface area (Å²) >= 11 is 0. The highest BCUT2D eigenvalue weighted by Crippen LogP contribution is 2.40. The van der Waals surface area contributed by atoms with Crippen molar-refractivity contribution in [2.75, 3.05) is 26.2 Å². The molecule has 11 nitrogen and oxygen atoms in total. The van der Waals surface area contributed by atoms with Crippen LogP contribution in [0.3, 0.4) is 0 Å². The minimum Gasteiger partial charge on any atom is -0.507 e. The third kappa shape index (κ3) is 7.05. The highest BCUT2D eigenvalue weighted by atomic mass is 16.6. The minimum absolute atomic E-state index is 0.124. The van der Waals surface area contributed by atoms with Gasteiger partial charge in [0.15, 0.2) is 0 Å². The number of carbonyl (C=O) groups excluding carboxylic acids is 2. The number of hydrogen-bond donors (Lipinski definition) is 1. The summed E-state index contributed by atoms with van der Waals surface area (Å²) in [5.74, 6) is -2.20. The molecule has 0 bridgehead atoms. The van der Waals surface area contributed by atoms with E-state index in [2.05, 4.69) is 18.7 Å². The molecule has 3 rings (SSSR count). The van der Waals surface area contributed by atoms with Crippen LogP contribution in [0.25, 0.3) is 5.76 Å². The molecule has 1 saturated heterocycles. The molecular weight excluding hydrogens is 504 g/mol. The van der Waals surface area contributed by atoms with Crippen molar-refractivity contribution in [1.29, 1.82) is 0 Å². The number of hydrogen-bond acceptors (Lipinski definition) is 8. The van der Waals surface area contributed by atoms with Crippen LogP contribution < -0.4 is 0 Å². The molecule has 2 aromatic rings. The molecule has 0 radical (unpaired) electrons. The Morgan fingerprint density at radius 2 is 1.49 bits per heavy atom. The second-order valence-electron chi connectivity index (χ2n) is 9.55. The Hall–Kier alpha value is -4.12. The fourth-order valence-electron chi connectivity index (χ4n) is 4.73. The second kappa shape index (κ2) is 13.6. The van der Waals surface area contributed by atoms with Gasteiger partial charge in [-0.1, -0.05) is 38.8 Å². The average Bonchev–Trinajstić information content (AvgIpc) is 3.18. The summed E-state index contributed by atoms with van der Waals surface area (Å²) in [5, 5.41) is 33.6. The van der Waals surface area contributed by atoms with Gasteiger partial charge in [-0.15, -0.1) is 0 Å². The number of nitro groups is 2. The number of amides is 1. The molecule has 1 aliphatic rings. The lowest BCUT2D eigenvalue weighted by molar-refractivity contribution is -0.385. The number of carbonyl (C=O) groups is 2. The first-order chi connectivity index (χ1) is 18.7. The van der Waals surface area contributed by atoms with Gasteiger partial charge in [0.05, 0.1) is 21.5 Å². The van der Waals surface area contributed by atoms with Gasteiger partial charge < -0.3 is 14.9 Å². The van der Waals surface area contributed by atoms with Gasteiger partial charge in [0.2, 0.25) is 0 Å². The predicted octanol–water partition coefficient (Wildman–Crippen LogP) is 5.22. The minimum atomic E-state index is -1.04. The molecule has 0 unspecified atom stereocenters. The molecular formula is C28H34N4O7. The van der Waals surface area contributed by atoms with E-state index in [0.29, 0.717) is 18.5 Å². The number of non-ortho nitro benzene ring substituents is 2. The summed E-state index contributed by atoms with van der Waals surface area (Å²) < 4.78 is 0. The van der Waals surface area contributed by atoms with Crippen LogP contribution in [0.15, 0.2) is 54.1 Å². The monoisotopic (exact) mass is 538 g/mol. The van der Waals surface area contributed by atoms with Crippen molar-refractivity contribution in [3.8, 4) is 0 Å². The van der Waals surface area contributed by atoms with Crippen molar-refractivity contribution >= 4 is 28.8 Å². The molecule has 2 aromatic carbocycles. The maximum atomic E-state index is 13.2. The van der Waals surface area contributed by atoms with Crippen LogP contribution in [0.2, 0.25) is 0 Å². The summed E-state index contributed by atoms with van der Waals surface area (Å²) in [6, 6.07) is 9.58. The van der Waals surface area contributed by atoms with Gasteiger partial charge in [0.25, 0.3) is 23.1 Å². The SMILES string of the molecule is CCCCN(CCCC)CCCN1C(=O)C(=O)C(=C(O)c2ccc([N+](=O)[O-])cc2)[C@H]1c1cccc([N+](=O)[O-])c1. The van der Waals surface area contributed by atoms with E-state index in [1.807, 2.05) is 0 Å². The van der Waals surface area contributed by atoms with E-state index in [1.165, 1.54) is 47.4 Å². The number of nitrogens with zero attached hydrogens (tertiary/aromatic N) is 4. The Balaban J connectivity index is 1.99. The molecule has 0 saturated carbocycles. The largest absolute Gasteiger partial charge is 0.507 e. The van der Waals surface area contributed by atoms with E-state index in [1.54, 1.807) is 6.07 Å². The number of ketones is 1. The van der Waals surface area contributed by atoms with Gasteiger partial charge in [0.1, 0.15) is 5.76 Å². The zero-order valence-corrected chi connectivity index (χ0v) is 22.2. The normalized spacial score (nSPS) is 16.7. The van der Waals surface area contributed by atoms with E-state index < -0.39 is 33.3 Å². The Morgan fingerprint density at radius 3 is 2.05 bits per heavy atom. The average molecular weight is 539 g/mol. The smallest absolute Gasteiger partial charge is 0.295 e. The van der Waals surface area contributed by atoms with Crippen LogP contribution in [0.5, 0.6) is 0 Å². The molecule has 0 aliphatic carbocycles. The third-order valence-corrected chi connectivity index (χ3v) is 6.82. The Labute approximate surface area is 227 Å². The van der Waals surface area contributed by atoms with Crippen molar-refractivity contribution in [2.24, 2.45) is 0 Å². The van der Waals surface area contributed by atoms with Crippen molar-refractivity contribution in [1.82, 2.24) is 9.80 Å². The number of nitro benzene ring substituents is 2. The molecule has 1 amide bonds. The van der Waals surface area contributed by atoms with Gasteiger partial charge in [-0.25, -0.2) is 0 Å². The topological polar surface area (TPSA) is 147 Å². The van der Waals surface area contributed by atoms with Gasteiger partial charge in [-0.05, 0) is 56.6 Å². The van der Waals surface area contributed by atoms with Crippen molar-refractivity contribution in [3.05, 3.63) is 85.5 Å². The number of benzene rings is 2. The second-order valence-corrected chi connectivity index (χ2v) is 9.55.